The summed E-state index contributed by atoms with van der Waals surface area (Å²) in [5, 5.41) is 2.71. The average molecular weight is 323 g/mol. The largest absolute Gasteiger partial charge is 0.368 e. The van der Waals surface area contributed by atoms with Crippen LogP contribution in [0.1, 0.15) is 17.3 Å². The zero-order valence-corrected chi connectivity index (χ0v) is 13.7. The fourth-order valence-corrected chi connectivity index (χ4v) is 2.92. The van der Waals surface area contributed by atoms with Crippen LogP contribution in [-0.4, -0.2) is 42.9 Å². The highest BCUT2D eigenvalue weighted by Crippen LogP contribution is 2.18. The maximum Gasteiger partial charge on any atom is 0.254 e. The quantitative estimate of drug-likeness (QED) is 0.945. The molecule has 1 fully saturated rings. The van der Waals surface area contributed by atoms with Crippen molar-refractivity contribution in [2.24, 2.45) is 0 Å². The zero-order valence-electron chi connectivity index (χ0n) is 13.7. The van der Waals surface area contributed by atoms with Gasteiger partial charge in [-0.3, -0.25) is 9.59 Å². The minimum Gasteiger partial charge on any atom is -0.368 e. The molecule has 5 nitrogen and oxygen atoms in total. The van der Waals surface area contributed by atoms with Crippen molar-refractivity contribution in [2.75, 3.05) is 36.4 Å². The molecule has 24 heavy (non-hydrogen) atoms. The van der Waals surface area contributed by atoms with Crippen LogP contribution < -0.4 is 10.2 Å². The van der Waals surface area contributed by atoms with Crippen LogP contribution in [0.15, 0.2) is 54.6 Å². The third kappa shape index (κ3) is 3.74. The first-order valence-electron chi connectivity index (χ1n) is 8.10. The van der Waals surface area contributed by atoms with E-state index in [2.05, 4.69) is 22.3 Å². The number of nitrogens with zero attached hydrogens (tertiary/aromatic N) is 2. The molecule has 0 bridgehead atoms. The van der Waals surface area contributed by atoms with E-state index in [0.717, 1.165) is 13.1 Å². The second kappa shape index (κ2) is 7.17. The Morgan fingerprint density at radius 2 is 1.62 bits per heavy atom. The minimum atomic E-state index is -0.143. The molecule has 1 aliphatic heterocycles. The Morgan fingerprint density at radius 1 is 0.917 bits per heavy atom. The fraction of sp³-hybridized carbons (Fsp3) is 0.263. The highest BCUT2D eigenvalue weighted by Gasteiger charge is 2.22. The standard InChI is InChI=1S/C19H21N3O2/c1-15(23)20-17-7-5-6-16(14-17)19(24)22-12-10-21(11-13-22)18-8-3-2-4-9-18/h2-9,14H,10-13H2,1H3,(H,20,23). The molecule has 3 rings (SSSR count). The Hall–Kier alpha value is -2.82. The molecule has 2 aromatic carbocycles. The summed E-state index contributed by atoms with van der Waals surface area (Å²) < 4.78 is 0. The lowest BCUT2D eigenvalue weighted by molar-refractivity contribution is -0.114. The van der Waals surface area contributed by atoms with Gasteiger partial charge in [0.15, 0.2) is 0 Å². The number of piperazine rings is 1. The summed E-state index contributed by atoms with van der Waals surface area (Å²) in [7, 11) is 0. The molecular formula is C19H21N3O2. The molecule has 2 amide bonds. The lowest BCUT2D eigenvalue weighted by Gasteiger charge is -2.36. The van der Waals surface area contributed by atoms with Crippen LogP contribution in [0.4, 0.5) is 11.4 Å². The highest BCUT2D eigenvalue weighted by atomic mass is 16.2. The molecule has 2 aromatic rings. The summed E-state index contributed by atoms with van der Waals surface area (Å²) >= 11 is 0. The Morgan fingerprint density at radius 3 is 2.29 bits per heavy atom. The first-order valence-corrected chi connectivity index (χ1v) is 8.10. The predicted molar refractivity (Wildman–Crippen MR) is 95.3 cm³/mol. The van der Waals surface area contributed by atoms with Gasteiger partial charge in [0.05, 0.1) is 0 Å². The van der Waals surface area contributed by atoms with Gasteiger partial charge in [-0.05, 0) is 30.3 Å². The normalized spacial score (nSPS) is 14.4. The molecule has 0 aromatic heterocycles. The number of amides is 2. The van der Waals surface area contributed by atoms with Gasteiger partial charge in [-0.15, -0.1) is 0 Å². The summed E-state index contributed by atoms with van der Waals surface area (Å²) in [4.78, 5) is 28.0. The SMILES string of the molecule is CC(=O)Nc1cccc(C(=O)N2CCN(c3ccccc3)CC2)c1. The first-order chi connectivity index (χ1) is 11.6. The van der Waals surface area contributed by atoms with Gasteiger partial charge in [-0.1, -0.05) is 24.3 Å². The molecular weight excluding hydrogens is 302 g/mol. The number of anilines is 2. The summed E-state index contributed by atoms with van der Waals surface area (Å²) in [6, 6.07) is 17.3. The number of para-hydroxylation sites is 1. The van der Waals surface area contributed by atoms with E-state index in [1.54, 1.807) is 24.3 Å². The van der Waals surface area contributed by atoms with Gasteiger partial charge in [0.1, 0.15) is 0 Å². The number of carbonyl (C=O) groups excluding carboxylic acids is 2. The van der Waals surface area contributed by atoms with Crippen LogP contribution in [0, 0.1) is 0 Å². The van der Waals surface area contributed by atoms with Crippen molar-refractivity contribution in [2.45, 2.75) is 6.92 Å². The van der Waals surface area contributed by atoms with E-state index in [9.17, 15) is 9.59 Å². The molecule has 1 saturated heterocycles. The smallest absolute Gasteiger partial charge is 0.254 e. The molecule has 0 spiro atoms. The van der Waals surface area contributed by atoms with Crippen molar-refractivity contribution in [3.63, 3.8) is 0 Å². The van der Waals surface area contributed by atoms with Gasteiger partial charge >= 0.3 is 0 Å². The topological polar surface area (TPSA) is 52.7 Å². The third-order valence-electron chi connectivity index (χ3n) is 4.12. The van der Waals surface area contributed by atoms with Crippen LogP contribution >= 0.6 is 0 Å². The van der Waals surface area contributed by atoms with Crippen molar-refractivity contribution < 1.29 is 9.59 Å². The molecule has 1 heterocycles. The highest BCUT2D eigenvalue weighted by molar-refractivity contribution is 5.97. The Labute approximate surface area is 141 Å². The second-order valence-electron chi connectivity index (χ2n) is 5.88. The van der Waals surface area contributed by atoms with Crippen molar-refractivity contribution in [3.8, 4) is 0 Å². The monoisotopic (exact) mass is 323 g/mol. The summed E-state index contributed by atoms with van der Waals surface area (Å²) in [5.41, 5.74) is 2.45. The van der Waals surface area contributed by atoms with E-state index in [0.29, 0.717) is 24.3 Å². The van der Waals surface area contributed by atoms with E-state index in [1.807, 2.05) is 23.1 Å². The predicted octanol–water partition coefficient (Wildman–Crippen LogP) is 2.61. The zero-order chi connectivity index (χ0) is 16.9. The summed E-state index contributed by atoms with van der Waals surface area (Å²) in [6.45, 7) is 4.48. The van der Waals surface area contributed by atoms with Crippen molar-refractivity contribution in [3.05, 3.63) is 60.2 Å². The van der Waals surface area contributed by atoms with E-state index in [4.69, 9.17) is 0 Å². The molecule has 124 valence electrons. The molecule has 0 atom stereocenters. The molecule has 1 aliphatic rings. The lowest BCUT2D eigenvalue weighted by atomic mass is 10.1. The van der Waals surface area contributed by atoms with Crippen LogP contribution in [0.2, 0.25) is 0 Å². The van der Waals surface area contributed by atoms with E-state index in [-0.39, 0.29) is 11.8 Å². The minimum absolute atomic E-state index is 0.00918. The summed E-state index contributed by atoms with van der Waals surface area (Å²) in [5.74, 6) is -0.133. The van der Waals surface area contributed by atoms with E-state index >= 15 is 0 Å². The molecule has 0 saturated carbocycles. The van der Waals surface area contributed by atoms with E-state index in [1.165, 1.54) is 12.6 Å². The van der Waals surface area contributed by atoms with E-state index < -0.39 is 0 Å². The van der Waals surface area contributed by atoms with Crippen LogP contribution in [-0.2, 0) is 4.79 Å². The first kappa shape index (κ1) is 16.1. The van der Waals surface area contributed by atoms with Crippen molar-refractivity contribution in [1.82, 2.24) is 4.90 Å². The number of nitrogens with one attached hydrogen (secondary N) is 1. The maximum atomic E-state index is 12.7. The van der Waals surface area contributed by atoms with Crippen molar-refractivity contribution >= 4 is 23.2 Å². The van der Waals surface area contributed by atoms with Crippen LogP contribution in [0.3, 0.4) is 0 Å². The van der Waals surface area contributed by atoms with Gasteiger partial charge in [-0.2, -0.15) is 0 Å². The molecule has 0 radical (unpaired) electrons. The molecule has 0 unspecified atom stereocenters. The number of rotatable bonds is 3. The number of hydrogen-bond donors (Lipinski definition) is 1. The van der Waals surface area contributed by atoms with Gasteiger partial charge in [-0.25, -0.2) is 0 Å². The Kier molecular flexibility index (Phi) is 4.79. The van der Waals surface area contributed by atoms with Gasteiger partial charge in [0.25, 0.3) is 5.91 Å². The van der Waals surface area contributed by atoms with Gasteiger partial charge < -0.3 is 15.1 Å². The van der Waals surface area contributed by atoms with Gasteiger partial charge in [0, 0.05) is 50.0 Å². The fourth-order valence-electron chi connectivity index (χ4n) is 2.92. The lowest BCUT2D eigenvalue weighted by Crippen LogP contribution is -2.48. The summed E-state index contributed by atoms with van der Waals surface area (Å²) in [6.07, 6.45) is 0. The van der Waals surface area contributed by atoms with Crippen LogP contribution in [0.5, 0.6) is 0 Å². The molecule has 0 aliphatic carbocycles. The Balaban J connectivity index is 1.64. The van der Waals surface area contributed by atoms with Gasteiger partial charge in [0.2, 0.25) is 5.91 Å². The maximum absolute atomic E-state index is 12.7. The molecule has 1 N–H and O–H groups in total. The molecule has 5 heteroatoms. The third-order valence-corrected chi connectivity index (χ3v) is 4.12. The van der Waals surface area contributed by atoms with Crippen molar-refractivity contribution in [1.29, 1.82) is 0 Å². The number of hydrogen-bond acceptors (Lipinski definition) is 3. The number of benzene rings is 2. The second-order valence-corrected chi connectivity index (χ2v) is 5.88. The number of carbonyl (C=O) groups is 2. The van der Waals surface area contributed by atoms with Crippen LogP contribution in [0.25, 0.3) is 0 Å². The Bertz CT molecular complexity index is 722. The average Bonchev–Trinajstić information content (AvgIpc) is 2.62.